The van der Waals surface area contributed by atoms with Crippen LogP contribution in [0.25, 0.3) is 0 Å². The fourth-order valence-electron chi connectivity index (χ4n) is 1.12. The maximum Gasteiger partial charge on any atom is 0.222 e. The van der Waals surface area contributed by atoms with Gasteiger partial charge in [0.25, 0.3) is 0 Å². The molecule has 1 N–H and O–H groups in total. The van der Waals surface area contributed by atoms with E-state index < -0.39 is 0 Å². The molecule has 3 nitrogen and oxygen atoms in total. The van der Waals surface area contributed by atoms with Crippen molar-refractivity contribution >= 4 is 21.9 Å². The van der Waals surface area contributed by atoms with Gasteiger partial charge in [-0.05, 0) is 35.2 Å². The Morgan fingerprint density at radius 2 is 2.00 bits per heavy atom. The number of aromatic nitrogens is 2. The van der Waals surface area contributed by atoms with Gasteiger partial charge in [0.05, 0.1) is 4.47 Å². The van der Waals surface area contributed by atoms with Crippen LogP contribution in [0.2, 0.25) is 0 Å². The van der Waals surface area contributed by atoms with Crippen molar-refractivity contribution in [3.05, 3.63) is 16.9 Å². The summed E-state index contributed by atoms with van der Waals surface area (Å²) < 4.78 is 0.918. The van der Waals surface area contributed by atoms with Crippen molar-refractivity contribution < 1.29 is 0 Å². The van der Waals surface area contributed by atoms with Gasteiger partial charge in [0, 0.05) is 18.4 Å². The van der Waals surface area contributed by atoms with Gasteiger partial charge in [0.2, 0.25) is 5.95 Å². The molecule has 1 aromatic heterocycles. The highest BCUT2D eigenvalue weighted by atomic mass is 79.9. The molecule has 0 saturated heterocycles. The molecule has 0 spiro atoms. The Kier molecular flexibility index (Phi) is 2.26. The molecule has 1 aliphatic carbocycles. The molecule has 12 heavy (non-hydrogen) atoms. The first-order chi connectivity index (χ1) is 5.84. The Morgan fingerprint density at radius 1 is 1.33 bits per heavy atom. The van der Waals surface area contributed by atoms with Gasteiger partial charge in [0.1, 0.15) is 0 Å². The number of nitrogens with one attached hydrogen (secondary N) is 1. The predicted molar refractivity (Wildman–Crippen MR) is 51.0 cm³/mol. The largest absolute Gasteiger partial charge is 0.351 e. The lowest BCUT2D eigenvalue weighted by Crippen LogP contribution is -2.27. The van der Waals surface area contributed by atoms with Gasteiger partial charge in [-0.1, -0.05) is 0 Å². The molecule has 0 radical (unpaired) electrons. The summed E-state index contributed by atoms with van der Waals surface area (Å²) in [5.41, 5.74) is 0. The molecule has 64 valence electrons. The average Bonchev–Trinajstić information content (AvgIpc) is 2.00. The second kappa shape index (κ2) is 3.39. The first-order valence-electron chi connectivity index (χ1n) is 4.09. The lowest BCUT2D eigenvalue weighted by molar-refractivity contribution is 0.443. The van der Waals surface area contributed by atoms with Crippen LogP contribution in [0.3, 0.4) is 0 Å². The highest BCUT2D eigenvalue weighted by molar-refractivity contribution is 9.10. The third-order valence-corrected chi connectivity index (χ3v) is 2.47. The van der Waals surface area contributed by atoms with E-state index in [9.17, 15) is 0 Å². The first-order valence-corrected chi connectivity index (χ1v) is 4.88. The highest BCUT2D eigenvalue weighted by Crippen LogP contribution is 2.21. The summed E-state index contributed by atoms with van der Waals surface area (Å²) in [6.45, 7) is 0. The lowest BCUT2D eigenvalue weighted by atomic mass is 9.93. The van der Waals surface area contributed by atoms with Gasteiger partial charge in [-0.15, -0.1) is 0 Å². The van der Waals surface area contributed by atoms with E-state index in [1.807, 2.05) is 0 Å². The molecule has 2 rings (SSSR count). The van der Waals surface area contributed by atoms with Crippen LogP contribution < -0.4 is 5.32 Å². The maximum atomic E-state index is 4.13. The zero-order chi connectivity index (χ0) is 8.39. The number of rotatable bonds is 2. The lowest BCUT2D eigenvalue weighted by Gasteiger charge is -2.26. The zero-order valence-corrected chi connectivity index (χ0v) is 8.21. The van der Waals surface area contributed by atoms with Crippen molar-refractivity contribution in [1.82, 2.24) is 9.97 Å². The van der Waals surface area contributed by atoms with Gasteiger partial charge in [-0.3, -0.25) is 0 Å². The van der Waals surface area contributed by atoms with Gasteiger partial charge in [-0.25, -0.2) is 9.97 Å². The molecule has 1 heterocycles. The molecule has 0 unspecified atom stereocenters. The minimum Gasteiger partial charge on any atom is -0.351 e. The fourth-order valence-corrected chi connectivity index (χ4v) is 1.33. The van der Waals surface area contributed by atoms with Crippen molar-refractivity contribution in [1.29, 1.82) is 0 Å². The molecule has 0 bridgehead atoms. The fraction of sp³-hybridized carbons (Fsp3) is 0.500. The number of anilines is 1. The Labute approximate surface area is 79.7 Å². The number of hydrogen-bond donors (Lipinski definition) is 1. The van der Waals surface area contributed by atoms with E-state index in [2.05, 4.69) is 31.2 Å². The third-order valence-electron chi connectivity index (χ3n) is 2.06. The van der Waals surface area contributed by atoms with Gasteiger partial charge in [-0.2, -0.15) is 0 Å². The quantitative estimate of drug-likeness (QED) is 0.843. The minimum absolute atomic E-state index is 0.603. The molecule has 0 aromatic carbocycles. The standard InChI is InChI=1S/C8H10BrN3/c9-6-4-10-8(11-5-6)12-7-2-1-3-7/h4-5,7H,1-3H2,(H,10,11,12). The molecule has 4 heteroatoms. The Balaban J connectivity index is 1.98. The van der Waals surface area contributed by atoms with E-state index in [1.54, 1.807) is 12.4 Å². The highest BCUT2D eigenvalue weighted by Gasteiger charge is 2.17. The van der Waals surface area contributed by atoms with E-state index in [0.29, 0.717) is 6.04 Å². The molecular weight excluding hydrogens is 218 g/mol. The van der Waals surface area contributed by atoms with Crippen LogP contribution >= 0.6 is 15.9 Å². The summed E-state index contributed by atoms with van der Waals surface area (Å²) in [5, 5.41) is 3.26. The summed E-state index contributed by atoms with van der Waals surface area (Å²) in [4.78, 5) is 8.26. The van der Waals surface area contributed by atoms with Crippen molar-refractivity contribution in [3.8, 4) is 0 Å². The van der Waals surface area contributed by atoms with Crippen LogP contribution in [0, 0.1) is 0 Å². The van der Waals surface area contributed by atoms with Crippen LogP contribution in [0.5, 0.6) is 0 Å². The minimum atomic E-state index is 0.603. The zero-order valence-electron chi connectivity index (χ0n) is 6.63. The Hall–Kier alpha value is -0.640. The molecule has 0 amide bonds. The molecular formula is C8H10BrN3. The third kappa shape index (κ3) is 1.75. The second-order valence-electron chi connectivity index (χ2n) is 3.00. The normalized spacial score (nSPS) is 17.1. The van der Waals surface area contributed by atoms with E-state index >= 15 is 0 Å². The summed E-state index contributed by atoms with van der Waals surface area (Å²) in [5.74, 6) is 0.739. The molecule has 1 fully saturated rings. The second-order valence-corrected chi connectivity index (χ2v) is 3.91. The van der Waals surface area contributed by atoms with Crippen molar-refractivity contribution in [3.63, 3.8) is 0 Å². The van der Waals surface area contributed by atoms with Crippen LogP contribution in [-0.2, 0) is 0 Å². The summed E-state index contributed by atoms with van der Waals surface area (Å²) >= 11 is 3.29. The SMILES string of the molecule is Brc1cnc(NC2CCC2)nc1. The van der Waals surface area contributed by atoms with Crippen molar-refractivity contribution in [2.75, 3.05) is 5.32 Å². The molecule has 0 aliphatic heterocycles. The smallest absolute Gasteiger partial charge is 0.222 e. The van der Waals surface area contributed by atoms with E-state index in [0.717, 1.165) is 10.4 Å². The van der Waals surface area contributed by atoms with Crippen LogP contribution in [0.1, 0.15) is 19.3 Å². The number of nitrogens with zero attached hydrogens (tertiary/aromatic N) is 2. The molecule has 1 saturated carbocycles. The van der Waals surface area contributed by atoms with Crippen LogP contribution in [0.15, 0.2) is 16.9 Å². The van der Waals surface area contributed by atoms with Crippen LogP contribution in [0.4, 0.5) is 5.95 Å². The van der Waals surface area contributed by atoms with E-state index in [1.165, 1.54) is 19.3 Å². The summed E-state index contributed by atoms with van der Waals surface area (Å²) in [6, 6.07) is 0.603. The first kappa shape index (κ1) is 7.98. The number of halogens is 1. The Morgan fingerprint density at radius 3 is 2.50 bits per heavy atom. The topological polar surface area (TPSA) is 37.8 Å². The van der Waals surface area contributed by atoms with Crippen LogP contribution in [-0.4, -0.2) is 16.0 Å². The maximum absolute atomic E-state index is 4.13. The average molecular weight is 228 g/mol. The van der Waals surface area contributed by atoms with Gasteiger partial charge in [0.15, 0.2) is 0 Å². The predicted octanol–water partition coefficient (Wildman–Crippen LogP) is 2.20. The molecule has 1 aromatic rings. The summed E-state index contributed by atoms with van der Waals surface area (Å²) in [6.07, 6.45) is 7.34. The number of hydrogen-bond acceptors (Lipinski definition) is 3. The monoisotopic (exact) mass is 227 g/mol. The molecule has 0 atom stereocenters. The molecule has 1 aliphatic rings. The van der Waals surface area contributed by atoms with E-state index in [-0.39, 0.29) is 0 Å². The van der Waals surface area contributed by atoms with Crippen molar-refractivity contribution in [2.45, 2.75) is 25.3 Å². The van der Waals surface area contributed by atoms with Crippen molar-refractivity contribution in [2.24, 2.45) is 0 Å². The van der Waals surface area contributed by atoms with E-state index in [4.69, 9.17) is 0 Å². The van der Waals surface area contributed by atoms with Gasteiger partial charge < -0.3 is 5.32 Å². The van der Waals surface area contributed by atoms with Gasteiger partial charge >= 0.3 is 0 Å². The summed E-state index contributed by atoms with van der Waals surface area (Å²) in [7, 11) is 0. The Bertz CT molecular complexity index is 256.